The van der Waals surface area contributed by atoms with E-state index >= 15 is 4.39 Å². The third-order valence-electron chi connectivity index (χ3n) is 4.71. The number of nitrogens with zero attached hydrogens (tertiary/aromatic N) is 1. The number of benzene rings is 1. The third kappa shape index (κ3) is 6.26. The molecular formula is C21H21ClF5N3O4S. The maximum atomic E-state index is 15.2. The van der Waals surface area contributed by atoms with Gasteiger partial charge in [0.1, 0.15) is 12.5 Å². The molecule has 0 aromatic heterocycles. The molecule has 0 bridgehead atoms. The van der Waals surface area contributed by atoms with Crippen LogP contribution in [0.4, 0.5) is 22.0 Å². The molecule has 0 saturated carbocycles. The number of carbonyl (C=O) groups excluding carboxylic acids is 2. The molecule has 1 aliphatic heterocycles. The molecule has 7 nitrogen and oxygen atoms in total. The summed E-state index contributed by atoms with van der Waals surface area (Å²) in [6.07, 6.45) is -5.94. The first-order chi connectivity index (χ1) is 16.4. The van der Waals surface area contributed by atoms with Gasteiger partial charge in [0, 0.05) is 17.0 Å². The van der Waals surface area contributed by atoms with E-state index in [1.165, 1.54) is 13.8 Å². The molecule has 192 valence electrons. The molecule has 0 amide bonds. The van der Waals surface area contributed by atoms with Gasteiger partial charge < -0.3 is 20.6 Å². The van der Waals surface area contributed by atoms with Gasteiger partial charge in [0.2, 0.25) is 0 Å². The Morgan fingerprint density at radius 1 is 1.26 bits per heavy atom. The lowest BCUT2D eigenvalue weighted by atomic mass is 9.78. The van der Waals surface area contributed by atoms with Gasteiger partial charge in [-0.25, -0.2) is 18.4 Å². The molecule has 0 fully saturated rings. The average Bonchev–Trinajstić information content (AvgIpc) is 2.77. The Labute approximate surface area is 206 Å². The molecule has 1 atom stereocenters. The molecule has 14 heteroatoms. The van der Waals surface area contributed by atoms with Crippen molar-refractivity contribution in [3.63, 3.8) is 0 Å². The Morgan fingerprint density at radius 2 is 1.89 bits per heavy atom. The van der Waals surface area contributed by atoms with Gasteiger partial charge in [0.15, 0.2) is 0 Å². The summed E-state index contributed by atoms with van der Waals surface area (Å²) in [4.78, 5) is 25.8. The van der Waals surface area contributed by atoms with Crippen molar-refractivity contribution in [1.29, 1.82) is 0 Å². The molecule has 0 saturated heterocycles. The Bertz CT molecular complexity index is 1090. The maximum Gasteiger partial charge on any atom is 0.418 e. The molecule has 1 aromatic carbocycles. The van der Waals surface area contributed by atoms with Crippen LogP contribution in [-0.2, 0) is 25.2 Å². The van der Waals surface area contributed by atoms with Gasteiger partial charge in [-0.15, -0.1) is 11.8 Å². The Morgan fingerprint density at radius 3 is 2.40 bits per heavy atom. The monoisotopic (exact) mass is 541 g/mol. The van der Waals surface area contributed by atoms with Crippen molar-refractivity contribution in [2.45, 2.75) is 32.0 Å². The van der Waals surface area contributed by atoms with Gasteiger partial charge in [-0.05, 0) is 26.0 Å². The van der Waals surface area contributed by atoms with E-state index in [1.54, 1.807) is 0 Å². The molecule has 1 heterocycles. The van der Waals surface area contributed by atoms with E-state index in [2.05, 4.69) is 15.2 Å². The topological polar surface area (TPSA) is 103 Å². The zero-order valence-corrected chi connectivity index (χ0v) is 20.2. The number of hydrogen-bond donors (Lipinski definition) is 2. The van der Waals surface area contributed by atoms with Crippen LogP contribution in [0.5, 0.6) is 0 Å². The van der Waals surface area contributed by atoms with Crippen molar-refractivity contribution in [3.8, 4) is 0 Å². The van der Waals surface area contributed by atoms with Crippen molar-refractivity contribution >= 4 is 40.8 Å². The highest BCUT2D eigenvalue weighted by molar-refractivity contribution is 8.12. The molecule has 2 rings (SSSR count). The number of nitrogens with one attached hydrogen (secondary N) is 1. The average molecular weight is 542 g/mol. The zero-order valence-electron chi connectivity index (χ0n) is 18.6. The highest BCUT2D eigenvalue weighted by Crippen LogP contribution is 2.48. The first-order valence-corrected chi connectivity index (χ1v) is 11.3. The van der Waals surface area contributed by atoms with Crippen LogP contribution in [0.3, 0.4) is 0 Å². The molecule has 0 radical (unpaired) electrons. The van der Waals surface area contributed by atoms with E-state index in [0.717, 1.165) is 24.4 Å². The number of methoxy groups -OCH3 is 1. The number of thioether (sulfide) groups is 1. The fourth-order valence-corrected chi connectivity index (χ4v) is 4.32. The summed E-state index contributed by atoms with van der Waals surface area (Å²) < 4.78 is 81.3. The van der Waals surface area contributed by atoms with E-state index < -0.39 is 75.6 Å². The first-order valence-electron chi connectivity index (χ1n) is 9.85. The number of hydrazone groups is 1. The van der Waals surface area contributed by atoms with E-state index in [-0.39, 0.29) is 11.4 Å². The van der Waals surface area contributed by atoms with Crippen LogP contribution < -0.4 is 11.2 Å². The summed E-state index contributed by atoms with van der Waals surface area (Å²) in [5.74, 6) is -1.08. The molecule has 1 aliphatic rings. The number of esters is 2. The maximum absolute atomic E-state index is 15.2. The summed E-state index contributed by atoms with van der Waals surface area (Å²) in [6.45, 7) is 1.57. The molecule has 35 heavy (non-hydrogen) atoms. The number of nitrogens with two attached hydrogens (primary N) is 1. The minimum Gasteiger partial charge on any atom is -0.466 e. The summed E-state index contributed by atoms with van der Waals surface area (Å²) in [5, 5.41) is 4.93. The molecule has 1 unspecified atom stereocenters. The molecule has 0 spiro atoms. The number of carbonyl (C=O) groups is 2. The van der Waals surface area contributed by atoms with Gasteiger partial charge in [0.25, 0.3) is 0 Å². The highest BCUT2D eigenvalue weighted by Gasteiger charge is 2.47. The van der Waals surface area contributed by atoms with E-state index in [0.29, 0.717) is 12.1 Å². The van der Waals surface area contributed by atoms with Gasteiger partial charge in [-0.1, -0.05) is 11.6 Å². The summed E-state index contributed by atoms with van der Waals surface area (Å²) in [5.41, 5.74) is -3.57. The minimum atomic E-state index is -5.20. The summed E-state index contributed by atoms with van der Waals surface area (Å²) in [7, 11) is 0.903. The van der Waals surface area contributed by atoms with Gasteiger partial charge in [-0.3, -0.25) is 0 Å². The van der Waals surface area contributed by atoms with Crippen LogP contribution in [0, 0.1) is 5.82 Å². The van der Waals surface area contributed by atoms with Crippen molar-refractivity contribution < 1.29 is 41.0 Å². The van der Waals surface area contributed by atoms with Gasteiger partial charge >= 0.3 is 18.1 Å². The second-order valence-corrected chi connectivity index (χ2v) is 8.54. The van der Waals surface area contributed by atoms with Crippen molar-refractivity contribution in [3.05, 3.63) is 56.6 Å². The number of ether oxygens (including phenoxy) is 2. The summed E-state index contributed by atoms with van der Waals surface area (Å²) in [6, 6.07) is 1.34. The normalized spacial score (nSPS) is 16.7. The third-order valence-corrected chi connectivity index (χ3v) is 5.75. The number of allylic oxidation sites excluding steroid dienone is 1. The van der Waals surface area contributed by atoms with Crippen molar-refractivity contribution in [1.82, 2.24) is 5.32 Å². The Kier molecular flexibility index (Phi) is 9.55. The second kappa shape index (κ2) is 11.8. The lowest BCUT2D eigenvalue weighted by Gasteiger charge is -2.33. The molecule has 3 N–H and O–H groups in total. The Balaban J connectivity index is 3.03. The molecule has 1 aromatic rings. The summed E-state index contributed by atoms with van der Waals surface area (Å²) >= 11 is 6.70. The number of dihydropyridines is 1. The quantitative estimate of drug-likeness (QED) is 0.125. The van der Waals surface area contributed by atoms with Crippen LogP contribution in [0.25, 0.3) is 0 Å². The van der Waals surface area contributed by atoms with Crippen molar-refractivity contribution in [2.24, 2.45) is 10.9 Å². The lowest BCUT2D eigenvalue weighted by Crippen LogP contribution is -2.37. The Hall–Kier alpha value is -2.80. The SMILES string of the molecule is COC(=O)C1=C(CF)NC(CSC=NN)=C(C(=O)OC(C)C)C1c1c(F)ccc(Cl)c1C(F)(F)F. The first kappa shape index (κ1) is 28.4. The lowest BCUT2D eigenvalue weighted by molar-refractivity contribution is -0.144. The van der Waals surface area contributed by atoms with Crippen LogP contribution in [0.15, 0.2) is 39.8 Å². The molecule has 0 aliphatic carbocycles. The van der Waals surface area contributed by atoms with Crippen LogP contribution in [0.2, 0.25) is 5.02 Å². The fraction of sp³-hybridized carbons (Fsp3) is 0.381. The van der Waals surface area contributed by atoms with Crippen LogP contribution in [0.1, 0.15) is 30.9 Å². The minimum absolute atomic E-state index is 0.140. The largest absolute Gasteiger partial charge is 0.466 e. The predicted octanol–water partition coefficient (Wildman–Crippen LogP) is 4.42. The van der Waals surface area contributed by atoms with E-state index in [9.17, 15) is 27.2 Å². The van der Waals surface area contributed by atoms with Gasteiger partial charge in [-0.2, -0.15) is 18.3 Å². The second-order valence-electron chi connectivity index (χ2n) is 7.30. The highest BCUT2D eigenvalue weighted by atomic mass is 35.5. The molecular weight excluding hydrogens is 521 g/mol. The number of alkyl halides is 4. The van der Waals surface area contributed by atoms with Crippen LogP contribution >= 0.6 is 23.4 Å². The van der Waals surface area contributed by atoms with E-state index in [4.69, 9.17) is 22.2 Å². The fourth-order valence-electron chi connectivity index (χ4n) is 3.49. The zero-order chi connectivity index (χ0) is 26.5. The van der Waals surface area contributed by atoms with Crippen molar-refractivity contribution in [2.75, 3.05) is 19.5 Å². The standard InChI is InChI=1S/C21H21ClF5N3O4S/c1-9(2)34-20(32)16-13(7-35-8-29-28)30-12(6-23)15(19(31)33-3)17(16)14-11(24)5-4-10(22)18(14)21(25,26)27/h4-5,8-9,17,30H,6-7,28H2,1-3H3. The van der Waals surface area contributed by atoms with Gasteiger partial charge in [0.05, 0.1) is 52.1 Å². The van der Waals surface area contributed by atoms with Crippen LogP contribution in [-0.4, -0.2) is 43.1 Å². The number of rotatable bonds is 8. The van der Waals surface area contributed by atoms with E-state index in [1.807, 2.05) is 0 Å². The number of halogens is 6. The number of hydrogen-bond acceptors (Lipinski definition) is 8. The smallest absolute Gasteiger partial charge is 0.418 e. The predicted molar refractivity (Wildman–Crippen MR) is 121 cm³/mol.